The predicted molar refractivity (Wildman–Crippen MR) is 22.4 cm³/mol. The quantitative estimate of drug-likeness (QED) is 0.287. The van der Waals surface area contributed by atoms with Crippen LogP contribution in [0.2, 0.25) is 0 Å². The number of hydrogen-bond acceptors (Lipinski definition) is 2. The molecule has 0 fully saturated rings. The normalized spacial score (nSPS) is 4.50. The van der Waals surface area contributed by atoms with Gasteiger partial charge >= 0.3 is 0 Å². The van der Waals surface area contributed by atoms with Crippen LogP contribution in [0.25, 0.3) is 0 Å². The van der Waals surface area contributed by atoms with E-state index in [1.807, 2.05) is 0 Å². The SMILES string of the molecule is NPN.[B]. The van der Waals surface area contributed by atoms with E-state index in [0.717, 1.165) is 0 Å². The number of rotatable bonds is 0. The van der Waals surface area contributed by atoms with Crippen molar-refractivity contribution in [2.75, 3.05) is 0 Å². The van der Waals surface area contributed by atoms with E-state index in [4.69, 9.17) is 0 Å². The average Bonchev–Trinajstić information content (AvgIpc) is 0.918. The fourth-order valence-corrected chi connectivity index (χ4v) is 0. The lowest BCUT2D eigenvalue weighted by atomic mass is 10.8. The minimum Gasteiger partial charge on any atom is -0.300 e. The van der Waals surface area contributed by atoms with Crippen LogP contribution in [0.1, 0.15) is 0 Å². The molecule has 23 valence electrons. The molecular weight excluding hydrogens is 69.8 g/mol. The molecule has 0 atom stereocenters. The second-order valence-corrected chi connectivity index (χ2v) is 0.500. The highest BCUT2D eigenvalue weighted by Gasteiger charge is 1.28. The molecule has 4 heteroatoms. The maximum Gasteiger partial charge on any atom is 0.0127 e. The minimum atomic E-state index is 0. The fourth-order valence-electron chi connectivity index (χ4n) is 0. The molecular formula is H5BN2P. The van der Waals surface area contributed by atoms with Gasteiger partial charge in [0.25, 0.3) is 0 Å². The molecule has 0 aliphatic rings. The Balaban J connectivity index is 0. The van der Waals surface area contributed by atoms with E-state index in [1.54, 1.807) is 0 Å². The molecule has 0 rings (SSSR count). The van der Waals surface area contributed by atoms with E-state index in [9.17, 15) is 0 Å². The summed E-state index contributed by atoms with van der Waals surface area (Å²) in [6.07, 6.45) is 0. The molecule has 0 amide bonds. The fraction of sp³-hybridized carbons (Fsp3) is 0. The Morgan fingerprint density at radius 3 is 1.25 bits per heavy atom. The molecule has 0 aromatic rings. The molecule has 0 heterocycles. The lowest BCUT2D eigenvalue weighted by molar-refractivity contribution is 1.87. The van der Waals surface area contributed by atoms with E-state index in [2.05, 4.69) is 11.0 Å². The Kier molecular flexibility index (Phi) is 22.0. The first kappa shape index (κ1) is 8.83. The van der Waals surface area contributed by atoms with Gasteiger partial charge in [0.05, 0.1) is 0 Å². The van der Waals surface area contributed by atoms with Gasteiger partial charge in [-0.25, -0.2) is 0 Å². The van der Waals surface area contributed by atoms with E-state index >= 15 is 0 Å². The first-order valence-electron chi connectivity index (χ1n) is 0.577. The Labute approximate surface area is 29.4 Å². The molecule has 0 unspecified atom stereocenters. The minimum absolute atomic E-state index is 0. The molecule has 4 N–H and O–H groups in total. The van der Waals surface area contributed by atoms with Gasteiger partial charge in [-0.1, -0.05) is 0 Å². The summed E-state index contributed by atoms with van der Waals surface area (Å²) in [5.41, 5.74) is 9.31. The van der Waals surface area contributed by atoms with Gasteiger partial charge in [0.15, 0.2) is 0 Å². The standard InChI is InChI=1S/B.H5N2P/c;1-3-2/h;3H,1-2H2. The second kappa shape index (κ2) is 9.95. The van der Waals surface area contributed by atoms with Crippen LogP contribution in [-0.2, 0) is 0 Å². The Hall–Kier alpha value is 0.415. The van der Waals surface area contributed by atoms with Crippen LogP contribution in [0.5, 0.6) is 0 Å². The maximum absolute atomic E-state index is 4.65. The topological polar surface area (TPSA) is 52.0 Å². The van der Waals surface area contributed by atoms with Crippen LogP contribution in [0.3, 0.4) is 0 Å². The average molecular weight is 74.8 g/mol. The van der Waals surface area contributed by atoms with Gasteiger partial charge in [0.2, 0.25) is 0 Å². The van der Waals surface area contributed by atoms with Crippen molar-refractivity contribution in [2.24, 2.45) is 11.0 Å². The lowest BCUT2D eigenvalue weighted by Crippen LogP contribution is -1.78. The zero-order chi connectivity index (χ0) is 2.71. The molecule has 0 bridgehead atoms. The van der Waals surface area contributed by atoms with Crippen molar-refractivity contribution in [3.8, 4) is 0 Å². The van der Waals surface area contributed by atoms with Crippen molar-refractivity contribution in [3.63, 3.8) is 0 Å². The van der Waals surface area contributed by atoms with Gasteiger partial charge in [0, 0.05) is 17.3 Å². The number of hydrogen-bond donors (Lipinski definition) is 2. The molecule has 2 nitrogen and oxygen atoms in total. The summed E-state index contributed by atoms with van der Waals surface area (Å²) in [7, 11) is 0.0833. The Morgan fingerprint density at radius 2 is 1.25 bits per heavy atom. The summed E-state index contributed by atoms with van der Waals surface area (Å²) >= 11 is 0. The summed E-state index contributed by atoms with van der Waals surface area (Å²) in [5.74, 6) is 0. The van der Waals surface area contributed by atoms with Crippen LogP contribution in [0.15, 0.2) is 0 Å². The third-order valence-electron chi connectivity index (χ3n) is 0. The molecule has 0 aromatic carbocycles. The highest BCUT2D eigenvalue weighted by molar-refractivity contribution is 7.32. The summed E-state index contributed by atoms with van der Waals surface area (Å²) in [6, 6.07) is 0. The highest BCUT2D eigenvalue weighted by Crippen LogP contribution is 1.62. The monoisotopic (exact) mass is 75.0 g/mol. The molecule has 0 saturated carbocycles. The first-order valence-corrected chi connectivity index (χ1v) is 1.73. The molecule has 0 spiro atoms. The maximum atomic E-state index is 4.65. The molecule has 0 aliphatic heterocycles. The third-order valence-corrected chi connectivity index (χ3v) is 0. The Bertz CT molecular complexity index is 6.00. The van der Waals surface area contributed by atoms with Crippen LogP contribution >= 0.6 is 8.88 Å². The lowest BCUT2D eigenvalue weighted by Gasteiger charge is -1.57. The smallest absolute Gasteiger partial charge is 0.0127 e. The number of nitrogens with two attached hydrogens (primary N) is 2. The first-order chi connectivity index (χ1) is 1.41. The second-order valence-electron chi connectivity index (χ2n) is 0.167. The highest BCUT2D eigenvalue weighted by atomic mass is 31.1. The van der Waals surface area contributed by atoms with Gasteiger partial charge in [-0.2, -0.15) is 0 Å². The van der Waals surface area contributed by atoms with Gasteiger partial charge < -0.3 is 11.0 Å². The van der Waals surface area contributed by atoms with Crippen molar-refractivity contribution in [1.29, 1.82) is 0 Å². The summed E-state index contributed by atoms with van der Waals surface area (Å²) < 4.78 is 0. The molecule has 0 aliphatic carbocycles. The zero-order valence-electron chi connectivity index (χ0n) is 2.23. The van der Waals surface area contributed by atoms with E-state index in [-0.39, 0.29) is 17.3 Å². The van der Waals surface area contributed by atoms with Crippen molar-refractivity contribution in [2.45, 2.75) is 0 Å². The third kappa shape index (κ3) is 28.1. The molecule has 4 heavy (non-hydrogen) atoms. The van der Waals surface area contributed by atoms with Crippen LogP contribution in [0.4, 0.5) is 0 Å². The van der Waals surface area contributed by atoms with E-state index in [1.165, 1.54) is 0 Å². The molecule has 0 aromatic heterocycles. The van der Waals surface area contributed by atoms with Gasteiger partial charge in [0.1, 0.15) is 0 Å². The molecule has 0 saturated heterocycles. The van der Waals surface area contributed by atoms with Gasteiger partial charge in [-0.15, -0.1) is 0 Å². The molecule has 3 radical (unpaired) electrons. The van der Waals surface area contributed by atoms with Gasteiger partial charge in [-0.3, -0.25) is 0 Å². The largest absolute Gasteiger partial charge is 0.300 e. The Morgan fingerprint density at radius 1 is 1.25 bits per heavy atom. The van der Waals surface area contributed by atoms with Crippen molar-refractivity contribution < 1.29 is 0 Å². The predicted octanol–water partition coefficient (Wildman–Crippen LogP) is -0.969. The van der Waals surface area contributed by atoms with Crippen molar-refractivity contribution in [3.05, 3.63) is 0 Å². The zero-order valence-corrected chi connectivity index (χ0v) is 3.23. The van der Waals surface area contributed by atoms with Gasteiger partial charge in [-0.05, 0) is 0 Å². The summed E-state index contributed by atoms with van der Waals surface area (Å²) in [6.45, 7) is 0. The summed E-state index contributed by atoms with van der Waals surface area (Å²) in [5, 5.41) is 0. The summed E-state index contributed by atoms with van der Waals surface area (Å²) in [4.78, 5) is 0. The van der Waals surface area contributed by atoms with Crippen LogP contribution in [-0.4, -0.2) is 8.41 Å². The van der Waals surface area contributed by atoms with Crippen molar-refractivity contribution in [1.82, 2.24) is 0 Å². The van der Waals surface area contributed by atoms with Crippen LogP contribution in [0, 0.1) is 0 Å². The van der Waals surface area contributed by atoms with Crippen molar-refractivity contribution >= 4 is 17.3 Å². The van der Waals surface area contributed by atoms with E-state index < -0.39 is 0 Å². The van der Waals surface area contributed by atoms with Crippen LogP contribution < -0.4 is 11.0 Å². The van der Waals surface area contributed by atoms with E-state index in [0.29, 0.717) is 0 Å².